The third-order valence-electron chi connectivity index (χ3n) is 3.30. The number of hydrogen-bond donors (Lipinski definition) is 1. The molecule has 0 bridgehead atoms. The topological polar surface area (TPSA) is 52.3 Å². The zero-order valence-corrected chi connectivity index (χ0v) is 9.92. The van der Waals surface area contributed by atoms with Gasteiger partial charge in [-0.05, 0) is 38.0 Å². The standard InChI is InChI=1S/C12H23NO2/c1-3-4-9-15-11(14)12(13)7-5-10(2)6-8-12/h10H,3-9,13H2,1-2H3. The van der Waals surface area contributed by atoms with Crippen LogP contribution in [0.3, 0.4) is 0 Å². The molecule has 0 atom stereocenters. The van der Waals surface area contributed by atoms with Crippen LogP contribution < -0.4 is 5.73 Å². The molecule has 0 aromatic carbocycles. The van der Waals surface area contributed by atoms with Gasteiger partial charge in [0.25, 0.3) is 0 Å². The van der Waals surface area contributed by atoms with Crippen molar-refractivity contribution in [3.05, 3.63) is 0 Å². The number of rotatable bonds is 4. The van der Waals surface area contributed by atoms with Gasteiger partial charge in [-0.1, -0.05) is 20.3 Å². The Hall–Kier alpha value is -0.570. The fourth-order valence-electron chi connectivity index (χ4n) is 1.93. The average Bonchev–Trinajstić information content (AvgIpc) is 2.23. The summed E-state index contributed by atoms with van der Waals surface area (Å²) in [5.74, 6) is 0.507. The van der Waals surface area contributed by atoms with Gasteiger partial charge in [0.1, 0.15) is 5.54 Å². The van der Waals surface area contributed by atoms with Crippen LogP contribution in [0.15, 0.2) is 0 Å². The average molecular weight is 213 g/mol. The Labute approximate surface area is 92.4 Å². The minimum absolute atomic E-state index is 0.192. The second kappa shape index (κ2) is 5.50. The SMILES string of the molecule is CCCCOC(=O)C1(N)CCC(C)CC1. The fraction of sp³-hybridized carbons (Fsp3) is 0.917. The first-order valence-electron chi connectivity index (χ1n) is 6.04. The van der Waals surface area contributed by atoms with Crippen molar-refractivity contribution in [1.82, 2.24) is 0 Å². The molecule has 0 aliphatic heterocycles. The summed E-state index contributed by atoms with van der Waals surface area (Å²) in [5, 5.41) is 0. The lowest BCUT2D eigenvalue weighted by Gasteiger charge is -2.33. The molecule has 1 rings (SSSR count). The Kier molecular flexibility index (Phi) is 4.58. The Bertz CT molecular complexity index is 208. The van der Waals surface area contributed by atoms with Crippen LogP contribution in [0.1, 0.15) is 52.4 Å². The Morgan fingerprint density at radius 3 is 2.60 bits per heavy atom. The summed E-state index contributed by atoms with van der Waals surface area (Å²) in [6.07, 6.45) is 5.61. The molecule has 1 aliphatic rings. The molecular weight excluding hydrogens is 190 g/mol. The van der Waals surface area contributed by atoms with E-state index >= 15 is 0 Å². The molecule has 3 heteroatoms. The van der Waals surface area contributed by atoms with E-state index in [1.165, 1.54) is 0 Å². The van der Waals surface area contributed by atoms with E-state index in [4.69, 9.17) is 10.5 Å². The number of carbonyl (C=O) groups excluding carboxylic acids is 1. The van der Waals surface area contributed by atoms with Crippen molar-refractivity contribution in [2.75, 3.05) is 6.61 Å². The summed E-state index contributed by atoms with van der Waals surface area (Å²) < 4.78 is 5.20. The highest BCUT2D eigenvalue weighted by Crippen LogP contribution is 2.30. The van der Waals surface area contributed by atoms with Crippen LogP contribution in [0.4, 0.5) is 0 Å². The number of carbonyl (C=O) groups is 1. The van der Waals surface area contributed by atoms with Crippen molar-refractivity contribution >= 4 is 5.97 Å². The zero-order valence-electron chi connectivity index (χ0n) is 9.92. The smallest absolute Gasteiger partial charge is 0.326 e. The third kappa shape index (κ3) is 3.49. The Morgan fingerprint density at radius 2 is 2.07 bits per heavy atom. The molecule has 0 spiro atoms. The summed E-state index contributed by atoms with van der Waals surface area (Å²) in [4.78, 5) is 11.8. The molecule has 0 aromatic rings. The molecular formula is C12H23NO2. The lowest BCUT2D eigenvalue weighted by atomic mass is 9.78. The molecule has 88 valence electrons. The summed E-state index contributed by atoms with van der Waals surface area (Å²) in [7, 11) is 0. The van der Waals surface area contributed by atoms with Gasteiger partial charge in [-0.2, -0.15) is 0 Å². The lowest BCUT2D eigenvalue weighted by molar-refractivity contribution is -0.152. The van der Waals surface area contributed by atoms with Crippen molar-refractivity contribution in [3.8, 4) is 0 Å². The molecule has 0 unspecified atom stereocenters. The van der Waals surface area contributed by atoms with Crippen molar-refractivity contribution < 1.29 is 9.53 Å². The van der Waals surface area contributed by atoms with Crippen LogP contribution in [0.2, 0.25) is 0 Å². The van der Waals surface area contributed by atoms with Crippen molar-refractivity contribution in [2.45, 2.75) is 57.9 Å². The number of esters is 1. The Morgan fingerprint density at radius 1 is 1.47 bits per heavy atom. The van der Waals surface area contributed by atoms with E-state index < -0.39 is 5.54 Å². The van der Waals surface area contributed by atoms with Gasteiger partial charge in [-0.25, -0.2) is 0 Å². The molecule has 0 aromatic heterocycles. The predicted molar refractivity (Wildman–Crippen MR) is 60.4 cm³/mol. The van der Waals surface area contributed by atoms with Gasteiger partial charge in [0.2, 0.25) is 0 Å². The number of hydrogen-bond acceptors (Lipinski definition) is 3. The van der Waals surface area contributed by atoms with Crippen molar-refractivity contribution in [3.63, 3.8) is 0 Å². The quantitative estimate of drug-likeness (QED) is 0.575. The molecule has 2 N–H and O–H groups in total. The van der Waals surface area contributed by atoms with Gasteiger partial charge in [0.05, 0.1) is 6.61 Å². The number of unbranched alkanes of at least 4 members (excludes halogenated alkanes) is 1. The second-order valence-corrected chi connectivity index (χ2v) is 4.83. The molecule has 1 fully saturated rings. The minimum atomic E-state index is -0.694. The highest BCUT2D eigenvalue weighted by atomic mass is 16.5. The first-order valence-corrected chi connectivity index (χ1v) is 6.04. The summed E-state index contributed by atoms with van der Waals surface area (Å²) >= 11 is 0. The third-order valence-corrected chi connectivity index (χ3v) is 3.30. The molecule has 0 heterocycles. The van der Waals surface area contributed by atoms with Gasteiger partial charge >= 0.3 is 5.97 Å². The molecule has 0 radical (unpaired) electrons. The first kappa shape index (κ1) is 12.5. The van der Waals surface area contributed by atoms with Crippen molar-refractivity contribution in [1.29, 1.82) is 0 Å². The maximum Gasteiger partial charge on any atom is 0.326 e. The number of nitrogens with two attached hydrogens (primary N) is 1. The van der Waals surface area contributed by atoms with E-state index in [-0.39, 0.29) is 5.97 Å². The van der Waals surface area contributed by atoms with E-state index in [1.54, 1.807) is 0 Å². The molecule has 1 saturated carbocycles. The second-order valence-electron chi connectivity index (χ2n) is 4.83. The van der Waals surface area contributed by atoms with Crippen LogP contribution >= 0.6 is 0 Å². The summed E-state index contributed by atoms with van der Waals surface area (Å²) in [6, 6.07) is 0. The lowest BCUT2D eigenvalue weighted by Crippen LogP contribution is -2.51. The molecule has 3 nitrogen and oxygen atoms in total. The predicted octanol–water partition coefficient (Wildman–Crippen LogP) is 2.24. The van der Waals surface area contributed by atoms with Crippen LogP contribution in [-0.4, -0.2) is 18.1 Å². The first-order chi connectivity index (χ1) is 7.08. The maximum absolute atomic E-state index is 11.8. The van der Waals surface area contributed by atoms with E-state index in [0.717, 1.165) is 38.5 Å². The van der Waals surface area contributed by atoms with Crippen molar-refractivity contribution in [2.24, 2.45) is 11.7 Å². The largest absolute Gasteiger partial charge is 0.464 e. The van der Waals surface area contributed by atoms with E-state index in [1.807, 2.05) is 0 Å². The van der Waals surface area contributed by atoms with Crippen LogP contribution in [0.25, 0.3) is 0 Å². The summed E-state index contributed by atoms with van der Waals surface area (Å²) in [6.45, 7) is 4.81. The minimum Gasteiger partial charge on any atom is -0.464 e. The molecule has 1 aliphatic carbocycles. The van der Waals surface area contributed by atoms with E-state index in [9.17, 15) is 4.79 Å². The normalized spacial score (nSPS) is 31.3. The van der Waals surface area contributed by atoms with E-state index in [2.05, 4.69) is 13.8 Å². The molecule has 0 saturated heterocycles. The molecule has 0 amide bonds. The van der Waals surface area contributed by atoms with Gasteiger partial charge < -0.3 is 10.5 Å². The zero-order chi connectivity index (χ0) is 11.3. The fourth-order valence-corrected chi connectivity index (χ4v) is 1.93. The highest BCUT2D eigenvalue weighted by molar-refractivity contribution is 5.80. The van der Waals surface area contributed by atoms with Crippen LogP contribution in [0.5, 0.6) is 0 Å². The van der Waals surface area contributed by atoms with Crippen LogP contribution in [-0.2, 0) is 9.53 Å². The van der Waals surface area contributed by atoms with Gasteiger partial charge in [0.15, 0.2) is 0 Å². The van der Waals surface area contributed by atoms with E-state index in [0.29, 0.717) is 12.5 Å². The number of ether oxygens (including phenoxy) is 1. The maximum atomic E-state index is 11.8. The summed E-state index contributed by atoms with van der Waals surface area (Å²) in [5.41, 5.74) is 5.38. The van der Waals surface area contributed by atoms with Gasteiger partial charge in [-0.3, -0.25) is 4.79 Å². The van der Waals surface area contributed by atoms with Gasteiger partial charge in [-0.15, -0.1) is 0 Å². The van der Waals surface area contributed by atoms with Crippen LogP contribution in [0, 0.1) is 5.92 Å². The van der Waals surface area contributed by atoms with Gasteiger partial charge in [0, 0.05) is 0 Å². The monoisotopic (exact) mass is 213 g/mol. The Balaban J connectivity index is 2.36. The highest BCUT2D eigenvalue weighted by Gasteiger charge is 2.38. The molecule has 15 heavy (non-hydrogen) atoms.